The maximum atomic E-state index is 11.6. The van der Waals surface area contributed by atoms with Crippen molar-refractivity contribution in [1.29, 1.82) is 0 Å². The molecular weight excluding hydrogens is 228 g/mol. The second-order valence-corrected chi connectivity index (χ2v) is 5.30. The highest BCUT2D eigenvalue weighted by molar-refractivity contribution is 7.89. The van der Waals surface area contributed by atoms with Crippen molar-refractivity contribution in [3.05, 3.63) is 12.4 Å². The summed E-state index contributed by atoms with van der Waals surface area (Å²) < 4.78 is 25.7. The van der Waals surface area contributed by atoms with Gasteiger partial charge in [0, 0.05) is 12.7 Å². The molecule has 0 spiro atoms. The number of unbranched alkanes of at least 4 members (excludes halogenated alkanes) is 3. The van der Waals surface area contributed by atoms with E-state index in [1.165, 1.54) is 12.4 Å². The van der Waals surface area contributed by atoms with Gasteiger partial charge in [-0.15, -0.1) is 0 Å². The molecule has 0 aliphatic rings. The minimum absolute atomic E-state index is 0.175. The first-order valence-electron chi connectivity index (χ1n) is 5.35. The van der Waals surface area contributed by atoms with Crippen LogP contribution in [0.15, 0.2) is 17.3 Å². The van der Waals surface area contributed by atoms with Gasteiger partial charge >= 0.3 is 0 Å². The van der Waals surface area contributed by atoms with Gasteiger partial charge in [-0.25, -0.2) is 13.1 Å². The lowest BCUT2D eigenvalue weighted by molar-refractivity contribution is 0.572. The van der Waals surface area contributed by atoms with Crippen LogP contribution in [0.5, 0.6) is 0 Å². The molecule has 1 heterocycles. The van der Waals surface area contributed by atoms with Crippen LogP contribution in [0.2, 0.25) is 0 Å². The maximum Gasteiger partial charge on any atom is 0.243 e. The summed E-state index contributed by atoms with van der Waals surface area (Å²) in [6.45, 7) is 1.15. The highest BCUT2D eigenvalue weighted by atomic mass is 32.2. The molecule has 0 aromatic carbocycles. The summed E-state index contributed by atoms with van der Waals surface area (Å²) in [6, 6.07) is 0. The molecule has 0 aliphatic carbocycles. The topological polar surface area (TPSA) is 101 Å². The van der Waals surface area contributed by atoms with Crippen molar-refractivity contribution in [2.24, 2.45) is 5.73 Å². The summed E-state index contributed by atoms with van der Waals surface area (Å²) in [5.41, 5.74) is 5.35. The largest absolute Gasteiger partial charge is 0.330 e. The number of nitrogens with one attached hydrogen (secondary N) is 2. The molecule has 0 atom stereocenters. The fraction of sp³-hybridized carbons (Fsp3) is 0.667. The Bertz CT molecular complexity index is 374. The van der Waals surface area contributed by atoms with E-state index in [2.05, 4.69) is 14.9 Å². The van der Waals surface area contributed by atoms with E-state index < -0.39 is 10.0 Å². The van der Waals surface area contributed by atoms with E-state index >= 15 is 0 Å². The van der Waals surface area contributed by atoms with E-state index in [-0.39, 0.29) is 4.90 Å². The Kier molecular flexibility index (Phi) is 5.44. The van der Waals surface area contributed by atoms with Gasteiger partial charge in [0.15, 0.2) is 0 Å². The average molecular weight is 246 g/mol. The van der Waals surface area contributed by atoms with E-state index in [9.17, 15) is 8.42 Å². The summed E-state index contributed by atoms with van der Waals surface area (Å²) in [7, 11) is -3.38. The Balaban J connectivity index is 2.22. The molecule has 16 heavy (non-hydrogen) atoms. The number of aromatic nitrogens is 2. The van der Waals surface area contributed by atoms with Gasteiger partial charge in [-0.2, -0.15) is 5.10 Å². The first kappa shape index (κ1) is 13.1. The Hall–Kier alpha value is -0.920. The second kappa shape index (κ2) is 6.62. The molecule has 4 N–H and O–H groups in total. The van der Waals surface area contributed by atoms with Gasteiger partial charge in [0.25, 0.3) is 0 Å². The van der Waals surface area contributed by atoms with E-state index in [4.69, 9.17) is 5.73 Å². The van der Waals surface area contributed by atoms with E-state index in [1.54, 1.807) is 0 Å². The van der Waals surface area contributed by atoms with Gasteiger partial charge in [-0.05, 0) is 19.4 Å². The van der Waals surface area contributed by atoms with Crippen molar-refractivity contribution in [3.63, 3.8) is 0 Å². The Labute approximate surface area is 95.7 Å². The van der Waals surface area contributed by atoms with Crippen LogP contribution in [-0.4, -0.2) is 31.7 Å². The summed E-state index contributed by atoms with van der Waals surface area (Å²) in [4.78, 5) is 0.175. The van der Waals surface area contributed by atoms with Gasteiger partial charge in [-0.3, -0.25) is 5.10 Å². The minimum Gasteiger partial charge on any atom is -0.330 e. The van der Waals surface area contributed by atoms with Crippen LogP contribution >= 0.6 is 0 Å². The van der Waals surface area contributed by atoms with Gasteiger partial charge < -0.3 is 5.73 Å². The number of nitrogens with two attached hydrogens (primary N) is 1. The van der Waals surface area contributed by atoms with E-state index in [1.807, 2.05) is 0 Å². The maximum absolute atomic E-state index is 11.6. The zero-order valence-electron chi connectivity index (χ0n) is 9.15. The fourth-order valence-corrected chi connectivity index (χ4v) is 2.28. The number of hydrogen-bond donors (Lipinski definition) is 3. The zero-order valence-corrected chi connectivity index (χ0v) is 9.96. The number of sulfonamides is 1. The summed E-state index contributed by atoms with van der Waals surface area (Å²) in [5, 5.41) is 6.07. The quantitative estimate of drug-likeness (QED) is 0.571. The molecule has 92 valence electrons. The molecule has 6 nitrogen and oxygen atoms in total. The van der Waals surface area contributed by atoms with Crippen LogP contribution in [0.4, 0.5) is 0 Å². The van der Waals surface area contributed by atoms with Gasteiger partial charge in [0.2, 0.25) is 10.0 Å². The molecular formula is C9H18N4O2S. The summed E-state index contributed by atoms with van der Waals surface area (Å²) in [5.74, 6) is 0. The van der Waals surface area contributed by atoms with Crippen molar-refractivity contribution < 1.29 is 8.42 Å². The van der Waals surface area contributed by atoms with E-state index in [0.29, 0.717) is 13.1 Å². The van der Waals surface area contributed by atoms with Crippen molar-refractivity contribution in [1.82, 2.24) is 14.9 Å². The first-order valence-corrected chi connectivity index (χ1v) is 6.83. The van der Waals surface area contributed by atoms with Crippen molar-refractivity contribution in [2.45, 2.75) is 30.6 Å². The number of rotatable bonds is 8. The second-order valence-electron chi connectivity index (χ2n) is 3.53. The van der Waals surface area contributed by atoms with Crippen LogP contribution < -0.4 is 10.5 Å². The van der Waals surface area contributed by atoms with Crippen molar-refractivity contribution in [3.8, 4) is 0 Å². The first-order chi connectivity index (χ1) is 7.67. The van der Waals surface area contributed by atoms with Crippen LogP contribution in [0, 0.1) is 0 Å². The van der Waals surface area contributed by atoms with Crippen molar-refractivity contribution >= 4 is 10.0 Å². The molecule has 0 amide bonds. The van der Waals surface area contributed by atoms with Crippen molar-refractivity contribution in [2.75, 3.05) is 13.1 Å². The predicted octanol–water partition coefficient (Wildman–Crippen LogP) is 0.207. The lowest BCUT2D eigenvalue weighted by Gasteiger charge is -2.03. The fourth-order valence-electron chi connectivity index (χ4n) is 1.30. The smallest absolute Gasteiger partial charge is 0.243 e. The van der Waals surface area contributed by atoms with Crippen LogP contribution in [0.25, 0.3) is 0 Å². The zero-order chi connectivity index (χ0) is 11.9. The standard InChI is InChI=1S/C9H18N4O2S/c10-5-3-1-2-4-6-13-16(14,15)9-7-11-12-8-9/h7-8,13H,1-6,10H2,(H,11,12). The molecule has 0 aliphatic heterocycles. The molecule has 1 aromatic heterocycles. The molecule has 7 heteroatoms. The summed E-state index contributed by atoms with van der Waals surface area (Å²) >= 11 is 0. The van der Waals surface area contributed by atoms with Gasteiger partial charge in [-0.1, -0.05) is 12.8 Å². The third-order valence-electron chi connectivity index (χ3n) is 2.21. The lowest BCUT2D eigenvalue weighted by Crippen LogP contribution is -2.24. The van der Waals surface area contributed by atoms with Gasteiger partial charge in [0.1, 0.15) is 4.90 Å². The molecule has 1 rings (SSSR count). The summed E-state index contributed by atoms with van der Waals surface area (Å²) in [6.07, 6.45) is 6.51. The molecule has 1 aromatic rings. The van der Waals surface area contributed by atoms with E-state index in [0.717, 1.165) is 25.7 Å². The average Bonchev–Trinajstić information content (AvgIpc) is 2.77. The highest BCUT2D eigenvalue weighted by Crippen LogP contribution is 2.04. The molecule has 0 saturated heterocycles. The lowest BCUT2D eigenvalue weighted by atomic mass is 10.2. The number of hydrogen-bond acceptors (Lipinski definition) is 4. The number of aromatic amines is 1. The number of H-pyrrole nitrogens is 1. The third-order valence-corrected chi connectivity index (χ3v) is 3.63. The monoisotopic (exact) mass is 246 g/mol. The minimum atomic E-state index is -3.38. The Morgan fingerprint density at radius 3 is 2.69 bits per heavy atom. The van der Waals surface area contributed by atoms with Crippen LogP contribution in [0.3, 0.4) is 0 Å². The molecule has 0 saturated carbocycles. The van der Waals surface area contributed by atoms with Crippen LogP contribution in [0.1, 0.15) is 25.7 Å². The normalized spacial score (nSPS) is 11.8. The van der Waals surface area contributed by atoms with Gasteiger partial charge in [0.05, 0.1) is 6.20 Å². The Morgan fingerprint density at radius 1 is 1.31 bits per heavy atom. The SMILES string of the molecule is NCCCCCCNS(=O)(=O)c1cn[nH]c1. The molecule has 0 fully saturated rings. The molecule has 0 bridgehead atoms. The highest BCUT2D eigenvalue weighted by Gasteiger charge is 2.13. The third kappa shape index (κ3) is 4.30. The Morgan fingerprint density at radius 2 is 2.06 bits per heavy atom. The number of nitrogens with zero attached hydrogens (tertiary/aromatic N) is 1. The molecule has 0 radical (unpaired) electrons. The molecule has 0 unspecified atom stereocenters. The van der Waals surface area contributed by atoms with Crippen LogP contribution in [-0.2, 0) is 10.0 Å². The predicted molar refractivity (Wildman–Crippen MR) is 61.3 cm³/mol.